The van der Waals surface area contributed by atoms with Gasteiger partial charge >= 0.3 is 0 Å². The van der Waals surface area contributed by atoms with Crippen LogP contribution in [0.15, 0.2) is 29.3 Å². The van der Waals surface area contributed by atoms with Crippen LogP contribution in [0.25, 0.3) is 0 Å². The molecule has 0 spiro atoms. The van der Waals surface area contributed by atoms with Crippen LogP contribution in [-0.2, 0) is 13.0 Å². The van der Waals surface area contributed by atoms with Gasteiger partial charge in [0.2, 0.25) is 0 Å². The van der Waals surface area contributed by atoms with Crippen molar-refractivity contribution in [1.82, 2.24) is 9.80 Å². The summed E-state index contributed by atoms with van der Waals surface area (Å²) in [6.07, 6.45) is 3.69. The highest BCUT2D eigenvalue weighted by molar-refractivity contribution is 5.78. The Morgan fingerprint density at radius 1 is 1.30 bits per heavy atom. The molecule has 2 atom stereocenters. The zero-order valence-corrected chi connectivity index (χ0v) is 14.5. The van der Waals surface area contributed by atoms with Gasteiger partial charge in [-0.15, -0.1) is 0 Å². The van der Waals surface area contributed by atoms with E-state index in [-0.39, 0.29) is 0 Å². The van der Waals surface area contributed by atoms with E-state index in [1.807, 2.05) is 0 Å². The molecule has 0 amide bonds. The highest BCUT2D eigenvalue weighted by Gasteiger charge is 2.21. The normalized spacial score (nSPS) is 24.3. The second kappa shape index (κ2) is 7.35. The predicted molar refractivity (Wildman–Crippen MR) is 96.5 cm³/mol. The maximum absolute atomic E-state index is 6.22. The van der Waals surface area contributed by atoms with E-state index in [1.54, 1.807) is 0 Å². The molecule has 23 heavy (non-hydrogen) atoms. The Bertz CT molecular complexity index is 554. The Kier molecular flexibility index (Phi) is 5.21. The van der Waals surface area contributed by atoms with Gasteiger partial charge in [0.25, 0.3) is 0 Å². The van der Waals surface area contributed by atoms with Crippen molar-refractivity contribution in [2.24, 2.45) is 16.6 Å². The molecule has 126 valence electrons. The number of piperidine rings is 1. The summed E-state index contributed by atoms with van der Waals surface area (Å²) in [6.45, 7) is 9.63. The Morgan fingerprint density at radius 2 is 2.09 bits per heavy atom. The lowest BCUT2D eigenvalue weighted by atomic mass is 9.99. The maximum Gasteiger partial charge on any atom is 0.191 e. The van der Waals surface area contributed by atoms with E-state index in [9.17, 15) is 0 Å². The number of benzene rings is 1. The molecule has 1 saturated heterocycles. The molecule has 0 bridgehead atoms. The number of aliphatic imine (C=N–C) groups is 1. The van der Waals surface area contributed by atoms with Gasteiger partial charge in [-0.05, 0) is 43.2 Å². The molecular weight excluding hydrogens is 284 g/mol. The standard InChI is InChI=1S/C19H30N4/c1-15-6-5-10-23(13-15)19(20)21-12-16(2)22-11-9-17-7-3-4-8-18(17)14-22/h3-4,7-8,15-16H,5-6,9-14H2,1-2H3,(H2,20,21). The minimum Gasteiger partial charge on any atom is -0.370 e. The molecule has 4 heteroatoms. The first-order chi connectivity index (χ1) is 11.1. The number of likely N-dealkylation sites (tertiary alicyclic amines) is 1. The Labute approximate surface area is 140 Å². The second-order valence-corrected chi connectivity index (χ2v) is 7.23. The summed E-state index contributed by atoms with van der Waals surface area (Å²) in [5, 5.41) is 0. The molecule has 2 N–H and O–H groups in total. The molecule has 2 aliphatic rings. The van der Waals surface area contributed by atoms with E-state index in [1.165, 1.54) is 24.0 Å². The van der Waals surface area contributed by atoms with Gasteiger partial charge in [-0.1, -0.05) is 31.2 Å². The van der Waals surface area contributed by atoms with Crippen molar-refractivity contribution in [3.63, 3.8) is 0 Å². The molecule has 0 radical (unpaired) electrons. The lowest BCUT2D eigenvalue weighted by Gasteiger charge is -2.34. The van der Waals surface area contributed by atoms with Gasteiger partial charge in [0.05, 0.1) is 6.54 Å². The summed E-state index contributed by atoms with van der Waals surface area (Å²) >= 11 is 0. The maximum atomic E-state index is 6.22. The van der Waals surface area contributed by atoms with E-state index < -0.39 is 0 Å². The number of hydrogen-bond donors (Lipinski definition) is 1. The fourth-order valence-corrected chi connectivity index (χ4v) is 3.73. The molecule has 0 aliphatic carbocycles. The highest BCUT2D eigenvalue weighted by Crippen LogP contribution is 2.20. The average molecular weight is 314 g/mol. The average Bonchev–Trinajstić information content (AvgIpc) is 2.59. The zero-order valence-electron chi connectivity index (χ0n) is 14.5. The van der Waals surface area contributed by atoms with Gasteiger partial charge in [-0.3, -0.25) is 9.89 Å². The van der Waals surface area contributed by atoms with Gasteiger partial charge in [0, 0.05) is 32.2 Å². The summed E-state index contributed by atoms with van der Waals surface area (Å²) in [5.74, 6) is 1.47. The van der Waals surface area contributed by atoms with Gasteiger partial charge in [-0.25, -0.2) is 0 Å². The van der Waals surface area contributed by atoms with Crippen LogP contribution in [0.5, 0.6) is 0 Å². The van der Waals surface area contributed by atoms with Crippen LogP contribution in [0.3, 0.4) is 0 Å². The molecule has 2 heterocycles. The van der Waals surface area contributed by atoms with Crippen molar-refractivity contribution in [3.8, 4) is 0 Å². The van der Waals surface area contributed by atoms with E-state index in [0.717, 1.165) is 51.0 Å². The first kappa shape index (κ1) is 16.3. The molecule has 0 aromatic heterocycles. The largest absolute Gasteiger partial charge is 0.370 e. The fourth-order valence-electron chi connectivity index (χ4n) is 3.73. The van der Waals surface area contributed by atoms with Crippen LogP contribution in [0.2, 0.25) is 0 Å². The second-order valence-electron chi connectivity index (χ2n) is 7.23. The smallest absolute Gasteiger partial charge is 0.191 e. The van der Waals surface area contributed by atoms with Crippen LogP contribution in [-0.4, -0.2) is 48.0 Å². The third kappa shape index (κ3) is 4.05. The number of nitrogens with two attached hydrogens (primary N) is 1. The minimum atomic E-state index is 0.434. The molecule has 1 aromatic rings. The molecule has 1 fully saturated rings. The van der Waals surface area contributed by atoms with Gasteiger partial charge in [0.1, 0.15) is 0 Å². The highest BCUT2D eigenvalue weighted by atomic mass is 15.3. The van der Waals surface area contributed by atoms with Crippen molar-refractivity contribution < 1.29 is 0 Å². The molecule has 1 aromatic carbocycles. The number of rotatable bonds is 3. The third-order valence-electron chi connectivity index (χ3n) is 5.28. The van der Waals surface area contributed by atoms with E-state index in [4.69, 9.17) is 10.7 Å². The Hall–Kier alpha value is -1.55. The van der Waals surface area contributed by atoms with Gasteiger partial charge < -0.3 is 10.6 Å². The van der Waals surface area contributed by atoms with Crippen molar-refractivity contribution in [1.29, 1.82) is 0 Å². The number of nitrogens with zero attached hydrogens (tertiary/aromatic N) is 3. The van der Waals surface area contributed by atoms with Crippen molar-refractivity contribution in [2.45, 2.75) is 45.7 Å². The molecule has 4 nitrogen and oxygen atoms in total. The first-order valence-corrected chi connectivity index (χ1v) is 8.99. The van der Waals surface area contributed by atoms with E-state index >= 15 is 0 Å². The van der Waals surface area contributed by atoms with Crippen LogP contribution in [0, 0.1) is 5.92 Å². The lowest BCUT2D eigenvalue weighted by molar-refractivity contribution is 0.194. The number of hydrogen-bond acceptors (Lipinski definition) is 2. The summed E-state index contributed by atoms with van der Waals surface area (Å²) in [5.41, 5.74) is 9.19. The first-order valence-electron chi connectivity index (χ1n) is 8.99. The Morgan fingerprint density at radius 3 is 2.87 bits per heavy atom. The fraction of sp³-hybridized carbons (Fsp3) is 0.632. The monoisotopic (exact) mass is 314 g/mol. The number of fused-ring (bicyclic) bond motifs is 1. The molecule has 0 saturated carbocycles. The van der Waals surface area contributed by atoms with E-state index in [0.29, 0.717) is 6.04 Å². The van der Waals surface area contributed by atoms with Crippen molar-refractivity contribution in [3.05, 3.63) is 35.4 Å². The van der Waals surface area contributed by atoms with Crippen molar-refractivity contribution in [2.75, 3.05) is 26.2 Å². The lowest BCUT2D eigenvalue weighted by Crippen LogP contribution is -2.44. The Balaban J connectivity index is 1.55. The SMILES string of the molecule is CC1CCCN(C(N)=NCC(C)N2CCc3ccccc3C2)C1. The summed E-state index contributed by atoms with van der Waals surface area (Å²) < 4.78 is 0. The van der Waals surface area contributed by atoms with Crippen LogP contribution in [0.1, 0.15) is 37.8 Å². The van der Waals surface area contributed by atoms with Gasteiger partial charge in [-0.2, -0.15) is 0 Å². The molecular formula is C19H30N4. The molecule has 2 aliphatic heterocycles. The summed E-state index contributed by atoms with van der Waals surface area (Å²) in [4.78, 5) is 9.47. The molecule has 2 unspecified atom stereocenters. The topological polar surface area (TPSA) is 44.9 Å². The predicted octanol–water partition coefficient (Wildman–Crippen LogP) is 2.48. The van der Waals surface area contributed by atoms with Crippen molar-refractivity contribution >= 4 is 5.96 Å². The van der Waals surface area contributed by atoms with E-state index in [2.05, 4.69) is 47.9 Å². The zero-order chi connectivity index (χ0) is 16.2. The van der Waals surface area contributed by atoms with Crippen LogP contribution in [0.4, 0.5) is 0 Å². The molecule has 3 rings (SSSR count). The number of guanidine groups is 1. The minimum absolute atomic E-state index is 0.434. The van der Waals surface area contributed by atoms with Crippen LogP contribution >= 0.6 is 0 Å². The van der Waals surface area contributed by atoms with Gasteiger partial charge in [0.15, 0.2) is 5.96 Å². The third-order valence-corrected chi connectivity index (χ3v) is 5.28. The summed E-state index contributed by atoms with van der Waals surface area (Å²) in [6, 6.07) is 9.22. The van der Waals surface area contributed by atoms with Crippen LogP contribution < -0.4 is 5.73 Å². The quantitative estimate of drug-likeness (QED) is 0.688. The summed E-state index contributed by atoms with van der Waals surface area (Å²) in [7, 11) is 0.